The SMILES string of the molecule is C=C/C(C)=C\C(=O)NCC. The van der Waals surface area contributed by atoms with Crippen LogP contribution < -0.4 is 5.32 Å². The van der Waals surface area contributed by atoms with E-state index in [1.807, 2.05) is 13.8 Å². The lowest BCUT2D eigenvalue weighted by atomic mass is 10.3. The summed E-state index contributed by atoms with van der Waals surface area (Å²) in [5.41, 5.74) is 0.881. The maximum absolute atomic E-state index is 10.8. The highest BCUT2D eigenvalue weighted by molar-refractivity contribution is 5.88. The minimum atomic E-state index is -0.0556. The van der Waals surface area contributed by atoms with Crippen LogP contribution in [0.5, 0.6) is 0 Å². The number of rotatable bonds is 3. The van der Waals surface area contributed by atoms with Gasteiger partial charge in [-0.2, -0.15) is 0 Å². The van der Waals surface area contributed by atoms with Gasteiger partial charge in [0.25, 0.3) is 0 Å². The van der Waals surface area contributed by atoms with Gasteiger partial charge in [-0.25, -0.2) is 0 Å². The second-order valence-corrected chi connectivity index (χ2v) is 1.99. The summed E-state index contributed by atoms with van der Waals surface area (Å²) in [6.07, 6.45) is 3.17. The van der Waals surface area contributed by atoms with E-state index in [9.17, 15) is 4.79 Å². The van der Waals surface area contributed by atoms with Crippen molar-refractivity contribution in [3.63, 3.8) is 0 Å². The zero-order chi connectivity index (χ0) is 7.98. The average molecular weight is 139 g/mol. The summed E-state index contributed by atoms with van der Waals surface area (Å²) in [5, 5.41) is 2.65. The zero-order valence-corrected chi connectivity index (χ0v) is 6.48. The van der Waals surface area contributed by atoms with Crippen molar-refractivity contribution in [1.29, 1.82) is 0 Å². The number of carbonyl (C=O) groups is 1. The summed E-state index contributed by atoms with van der Waals surface area (Å²) in [4.78, 5) is 10.8. The minimum Gasteiger partial charge on any atom is -0.353 e. The summed E-state index contributed by atoms with van der Waals surface area (Å²) < 4.78 is 0. The van der Waals surface area contributed by atoms with Gasteiger partial charge in [0.15, 0.2) is 0 Å². The molecule has 0 saturated carbocycles. The van der Waals surface area contributed by atoms with E-state index in [1.165, 1.54) is 6.08 Å². The number of hydrogen-bond acceptors (Lipinski definition) is 1. The predicted octanol–water partition coefficient (Wildman–Crippen LogP) is 1.25. The maximum Gasteiger partial charge on any atom is 0.244 e. The number of nitrogens with one attached hydrogen (secondary N) is 1. The second kappa shape index (κ2) is 4.79. The molecular formula is C8H13NO. The number of hydrogen-bond donors (Lipinski definition) is 1. The van der Waals surface area contributed by atoms with Crippen molar-refractivity contribution in [2.45, 2.75) is 13.8 Å². The van der Waals surface area contributed by atoms with Gasteiger partial charge in [-0.1, -0.05) is 12.7 Å². The van der Waals surface area contributed by atoms with E-state index in [2.05, 4.69) is 11.9 Å². The zero-order valence-electron chi connectivity index (χ0n) is 6.48. The number of allylic oxidation sites excluding steroid dienone is 2. The molecule has 1 N–H and O–H groups in total. The van der Waals surface area contributed by atoms with Gasteiger partial charge in [0.2, 0.25) is 5.91 Å². The van der Waals surface area contributed by atoms with E-state index in [4.69, 9.17) is 0 Å². The van der Waals surface area contributed by atoms with Crippen molar-refractivity contribution in [2.75, 3.05) is 6.54 Å². The molecule has 10 heavy (non-hydrogen) atoms. The Hall–Kier alpha value is -1.05. The first-order chi connectivity index (χ1) is 4.70. The van der Waals surface area contributed by atoms with Gasteiger partial charge in [-0.3, -0.25) is 4.79 Å². The maximum atomic E-state index is 10.8. The monoisotopic (exact) mass is 139 g/mol. The van der Waals surface area contributed by atoms with Gasteiger partial charge in [-0.05, 0) is 19.4 Å². The fraction of sp³-hybridized carbons (Fsp3) is 0.375. The van der Waals surface area contributed by atoms with Crippen molar-refractivity contribution >= 4 is 5.91 Å². The van der Waals surface area contributed by atoms with Crippen molar-refractivity contribution in [3.8, 4) is 0 Å². The third-order valence-electron chi connectivity index (χ3n) is 1.03. The molecule has 56 valence electrons. The van der Waals surface area contributed by atoms with Gasteiger partial charge >= 0.3 is 0 Å². The number of carbonyl (C=O) groups excluding carboxylic acids is 1. The molecule has 0 spiro atoms. The number of amides is 1. The van der Waals surface area contributed by atoms with E-state index in [0.29, 0.717) is 6.54 Å². The Morgan fingerprint density at radius 3 is 2.70 bits per heavy atom. The molecule has 0 aliphatic heterocycles. The van der Waals surface area contributed by atoms with Crippen LogP contribution in [0.3, 0.4) is 0 Å². The lowest BCUT2D eigenvalue weighted by Crippen LogP contribution is -2.20. The molecule has 0 aromatic carbocycles. The first-order valence-corrected chi connectivity index (χ1v) is 3.29. The Kier molecular flexibility index (Phi) is 4.29. The normalized spacial score (nSPS) is 10.8. The molecule has 0 atom stereocenters. The molecule has 2 nitrogen and oxygen atoms in total. The summed E-state index contributed by atoms with van der Waals surface area (Å²) in [5.74, 6) is -0.0556. The molecule has 0 rings (SSSR count). The van der Waals surface area contributed by atoms with Gasteiger partial charge in [0.1, 0.15) is 0 Å². The van der Waals surface area contributed by atoms with E-state index in [0.717, 1.165) is 5.57 Å². The highest BCUT2D eigenvalue weighted by Crippen LogP contribution is 1.90. The molecule has 0 fully saturated rings. The summed E-state index contributed by atoms with van der Waals surface area (Å²) in [6, 6.07) is 0. The van der Waals surface area contributed by atoms with E-state index in [1.54, 1.807) is 6.08 Å². The van der Waals surface area contributed by atoms with E-state index >= 15 is 0 Å². The largest absolute Gasteiger partial charge is 0.353 e. The van der Waals surface area contributed by atoms with Gasteiger partial charge in [0, 0.05) is 12.6 Å². The fourth-order valence-electron chi connectivity index (χ4n) is 0.491. The highest BCUT2D eigenvalue weighted by atomic mass is 16.1. The fourth-order valence-corrected chi connectivity index (χ4v) is 0.491. The Balaban J connectivity index is 3.86. The molecule has 0 unspecified atom stereocenters. The first-order valence-electron chi connectivity index (χ1n) is 3.29. The second-order valence-electron chi connectivity index (χ2n) is 1.99. The Bertz CT molecular complexity index is 159. The van der Waals surface area contributed by atoms with Crippen molar-refractivity contribution in [2.24, 2.45) is 0 Å². The van der Waals surface area contributed by atoms with Crippen LogP contribution in [0.1, 0.15) is 13.8 Å². The number of likely N-dealkylation sites (N-methyl/N-ethyl adjacent to an activating group) is 1. The summed E-state index contributed by atoms with van der Waals surface area (Å²) in [7, 11) is 0. The van der Waals surface area contributed by atoms with Crippen LogP contribution in [0.25, 0.3) is 0 Å². The molecular weight excluding hydrogens is 126 g/mol. The van der Waals surface area contributed by atoms with Crippen molar-refractivity contribution in [3.05, 3.63) is 24.3 Å². The molecule has 0 heterocycles. The molecule has 0 aliphatic rings. The first kappa shape index (κ1) is 8.95. The van der Waals surface area contributed by atoms with Crippen LogP contribution in [0.4, 0.5) is 0 Å². The van der Waals surface area contributed by atoms with Gasteiger partial charge in [0.05, 0.1) is 0 Å². The molecule has 0 aromatic heterocycles. The molecule has 0 bridgehead atoms. The Labute approximate surface area is 61.6 Å². The van der Waals surface area contributed by atoms with Crippen LogP contribution in [0.2, 0.25) is 0 Å². The van der Waals surface area contributed by atoms with Crippen LogP contribution in [0.15, 0.2) is 24.3 Å². The smallest absolute Gasteiger partial charge is 0.244 e. The third kappa shape index (κ3) is 3.89. The van der Waals surface area contributed by atoms with Crippen LogP contribution >= 0.6 is 0 Å². The van der Waals surface area contributed by atoms with Crippen LogP contribution in [-0.2, 0) is 4.79 Å². The Morgan fingerprint density at radius 2 is 2.30 bits per heavy atom. The molecule has 0 radical (unpaired) electrons. The molecule has 0 aromatic rings. The summed E-state index contributed by atoms with van der Waals surface area (Å²) in [6.45, 7) is 7.91. The lowest BCUT2D eigenvalue weighted by molar-refractivity contribution is -0.116. The average Bonchev–Trinajstić information content (AvgIpc) is 1.88. The Morgan fingerprint density at radius 1 is 1.70 bits per heavy atom. The standard InChI is InChI=1S/C8H13NO/c1-4-7(3)6-8(10)9-5-2/h4,6H,1,5H2,2-3H3,(H,9,10)/b7-6-. The van der Waals surface area contributed by atoms with Gasteiger partial charge < -0.3 is 5.32 Å². The predicted molar refractivity (Wildman–Crippen MR) is 42.6 cm³/mol. The van der Waals surface area contributed by atoms with E-state index in [-0.39, 0.29) is 5.91 Å². The molecule has 1 amide bonds. The van der Waals surface area contributed by atoms with Crippen molar-refractivity contribution in [1.82, 2.24) is 5.32 Å². The van der Waals surface area contributed by atoms with Gasteiger partial charge in [-0.15, -0.1) is 0 Å². The topological polar surface area (TPSA) is 29.1 Å². The lowest BCUT2D eigenvalue weighted by Gasteiger charge is -1.95. The highest BCUT2D eigenvalue weighted by Gasteiger charge is 1.90. The van der Waals surface area contributed by atoms with Crippen LogP contribution in [0, 0.1) is 0 Å². The van der Waals surface area contributed by atoms with E-state index < -0.39 is 0 Å². The molecule has 0 aliphatic carbocycles. The van der Waals surface area contributed by atoms with Crippen LogP contribution in [-0.4, -0.2) is 12.5 Å². The molecule has 2 heteroatoms. The summed E-state index contributed by atoms with van der Waals surface area (Å²) >= 11 is 0. The van der Waals surface area contributed by atoms with Crippen molar-refractivity contribution < 1.29 is 4.79 Å². The minimum absolute atomic E-state index is 0.0556. The molecule has 0 saturated heterocycles. The third-order valence-corrected chi connectivity index (χ3v) is 1.03. The quantitative estimate of drug-likeness (QED) is 0.463.